The molecule has 2 aromatic carbocycles. The first-order chi connectivity index (χ1) is 11.2. The Hall–Kier alpha value is -2.77. The van der Waals surface area contributed by atoms with Gasteiger partial charge in [0.05, 0.1) is 16.7 Å². The van der Waals surface area contributed by atoms with Gasteiger partial charge in [-0.3, -0.25) is 0 Å². The van der Waals surface area contributed by atoms with Crippen molar-refractivity contribution in [2.75, 3.05) is 0 Å². The lowest BCUT2D eigenvalue weighted by Gasteiger charge is -2.06. The Morgan fingerprint density at radius 3 is 2.26 bits per heavy atom. The zero-order chi connectivity index (χ0) is 15.8. The number of rotatable bonds is 1. The Kier molecular flexibility index (Phi) is 3.29. The molecule has 23 heavy (non-hydrogen) atoms. The molecule has 0 atom stereocenters. The third-order valence-electron chi connectivity index (χ3n) is 3.75. The van der Waals surface area contributed by atoms with Crippen LogP contribution in [0, 0.1) is 11.3 Å². The summed E-state index contributed by atoms with van der Waals surface area (Å²) in [6, 6.07) is 21.8. The van der Waals surface area contributed by atoms with Gasteiger partial charge in [-0.05, 0) is 30.3 Å². The number of halogens is 1. The number of pyridine rings is 2. The van der Waals surface area contributed by atoms with Crippen LogP contribution in [0.1, 0.15) is 5.69 Å². The van der Waals surface area contributed by atoms with Crippen molar-refractivity contribution >= 4 is 37.7 Å². The Labute approximate surface area is 141 Å². The van der Waals surface area contributed by atoms with Crippen LogP contribution in [0.3, 0.4) is 0 Å². The Morgan fingerprint density at radius 1 is 0.826 bits per heavy atom. The predicted octanol–water partition coefficient (Wildman–Crippen LogP) is 5.08. The normalized spacial score (nSPS) is 10.8. The van der Waals surface area contributed by atoms with E-state index in [1.165, 1.54) is 0 Å². The monoisotopic (exact) mass is 359 g/mol. The van der Waals surface area contributed by atoms with Crippen LogP contribution in [0.4, 0.5) is 0 Å². The molecule has 0 spiro atoms. The minimum Gasteiger partial charge on any atom is -0.245 e. The summed E-state index contributed by atoms with van der Waals surface area (Å²) in [6.45, 7) is 0. The molecule has 0 N–H and O–H groups in total. The van der Waals surface area contributed by atoms with Crippen molar-refractivity contribution in [2.45, 2.75) is 0 Å². The fourth-order valence-electron chi connectivity index (χ4n) is 2.64. The van der Waals surface area contributed by atoms with Crippen molar-refractivity contribution in [3.8, 4) is 17.3 Å². The molecule has 4 heteroatoms. The van der Waals surface area contributed by atoms with Crippen molar-refractivity contribution in [3.05, 3.63) is 70.8 Å². The minimum atomic E-state index is 0.402. The van der Waals surface area contributed by atoms with Gasteiger partial charge < -0.3 is 0 Å². The van der Waals surface area contributed by atoms with Gasteiger partial charge in [-0.15, -0.1) is 0 Å². The number of aromatic nitrogens is 2. The Morgan fingerprint density at radius 2 is 1.52 bits per heavy atom. The van der Waals surface area contributed by atoms with Gasteiger partial charge in [0.25, 0.3) is 0 Å². The Balaban J connectivity index is 2.03. The smallest absolute Gasteiger partial charge is 0.141 e. The molecule has 0 aliphatic carbocycles. The summed E-state index contributed by atoms with van der Waals surface area (Å²) < 4.78 is 1.01. The molecule has 0 unspecified atom stereocenters. The lowest BCUT2D eigenvalue weighted by atomic mass is 10.1. The fraction of sp³-hybridized carbons (Fsp3) is 0. The maximum Gasteiger partial charge on any atom is 0.141 e. The summed E-state index contributed by atoms with van der Waals surface area (Å²) in [5, 5.41) is 11.1. The fourth-order valence-corrected chi connectivity index (χ4v) is 3.04. The molecule has 0 saturated carbocycles. The molecule has 0 aliphatic rings. The second-order valence-corrected chi connectivity index (χ2v) is 6.14. The molecule has 2 heterocycles. The van der Waals surface area contributed by atoms with Gasteiger partial charge >= 0.3 is 0 Å². The summed E-state index contributed by atoms with van der Waals surface area (Å²) in [5.41, 5.74) is 3.90. The van der Waals surface area contributed by atoms with Gasteiger partial charge in [0.2, 0.25) is 0 Å². The average molecular weight is 360 g/mol. The molecule has 0 amide bonds. The molecule has 4 aromatic rings. The summed E-state index contributed by atoms with van der Waals surface area (Å²) in [6.07, 6.45) is 0. The molecular formula is C19H10BrN3. The first-order valence-corrected chi connectivity index (χ1v) is 7.90. The van der Waals surface area contributed by atoms with Crippen LogP contribution in [0.5, 0.6) is 0 Å². The lowest BCUT2D eigenvalue weighted by molar-refractivity contribution is 1.32. The van der Waals surface area contributed by atoms with E-state index in [4.69, 9.17) is 10.2 Å². The third-order valence-corrected chi connectivity index (χ3v) is 4.25. The molecule has 0 bridgehead atoms. The van der Waals surface area contributed by atoms with Crippen LogP contribution in [-0.4, -0.2) is 9.97 Å². The summed E-state index contributed by atoms with van der Waals surface area (Å²) >= 11 is 3.49. The quantitative estimate of drug-likeness (QED) is 0.445. The van der Waals surface area contributed by atoms with Gasteiger partial charge in [-0.1, -0.05) is 46.3 Å². The highest BCUT2D eigenvalue weighted by molar-refractivity contribution is 9.10. The van der Waals surface area contributed by atoms with E-state index in [1.807, 2.05) is 54.6 Å². The van der Waals surface area contributed by atoms with E-state index in [0.717, 1.165) is 37.5 Å². The third kappa shape index (κ3) is 2.45. The summed E-state index contributed by atoms with van der Waals surface area (Å²) in [7, 11) is 0. The van der Waals surface area contributed by atoms with Crippen molar-refractivity contribution < 1.29 is 0 Å². The van der Waals surface area contributed by atoms with Crippen LogP contribution in [0.25, 0.3) is 33.1 Å². The van der Waals surface area contributed by atoms with Crippen molar-refractivity contribution in [2.24, 2.45) is 0 Å². The topological polar surface area (TPSA) is 49.6 Å². The zero-order valence-corrected chi connectivity index (χ0v) is 13.6. The molecule has 0 saturated heterocycles. The second-order valence-electron chi connectivity index (χ2n) is 5.22. The van der Waals surface area contributed by atoms with Gasteiger partial charge in [-0.2, -0.15) is 5.26 Å². The molecule has 0 fully saturated rings. The van der Waals surface area contributed by atoms with Gasteiger partial charge in [0.1, 0.15) is 11.8 Å². The van der Waals surface area contributed by atoms with Gasteiger partial charge in [0, 0.05) is 20.8 Å². The molecule has 108 valence electrons. The van der Waals surface area contributed by atoms with Crippen molar-refractivity contribution in [1.82, 2.24) is 9.97 Å². The molecule has 0 aliphatic heterocycles. The summed E-state index contributed by atoms with van der Waals surface area (Å²) in [4.78, 5) is 9.24. The molecule has 2 aromatic heterocycles. The van der Waals surface area contributed by atoms with Crippen molar-refractivity contribution in [3.63, 3.8) is 0 Å². The van der Waals surface area contributed by atoms with Gasteiger partial charge in [0.15, 0.2) is 0 Å². The summed E-state index contributed by atoms with van der Waals surface area (Å²) in [5.74, 6) is 0. The van der Waals surface area contributed by atoms with Crippen LogP contribution >= 0.6 is 15.9 Å². The highest BCUT2D eigenvalue weighted by Crippen LogP contribution is 2.27. The van der Waals surface area contributed by atoms with E-state index in [9.17, 15) is 0 Å². The predicted molar refractivity (Wildman–Crippen MR) is 94.9 cm³/mol. The number of benzene rings is 2. The molecule has 3 nitrogen and oxygen atoms in total. The lowest BCUT2D eigenvalue weighted by Crippen LogP contribution is -1.90. The van der Waals surface area contributed by atoms with E-state index < -0.39 is 0 Å². The zero-order valence-electron chi connectivity index (χ0n) is 12.0. The SMILES string of the molecule is N#Cc1ccc2ccc3ccc(-c4cccc(Br)c4)nc3c2n1. The molecule has 0 radical (unpaired) electrons. The van der Waals surface area contributed by atoms with Crippen LogP contribution in [0.2, 0.25) is 0 Å². The van der Waals surface area contributed by atoms with Gasteiger partial charge in [-0.25, -0.2) is 9.97 Å². The first kappa shape index (κ1) is 13.9. The van der Waals surface area contributed by atoms with E-state index >= 15 is 0 Å². The van der Waals surface area contributed by atoms with Crippen molar-refractivity contribution in [1.29, 1.82) is 5.26 Å². The number of hydrogen-bond acceptors (Lipinski definition) is 3. The largest absolute Gasteiger partial charge is 0.245 e. The maximum absolute atomic E-state index is 9.09. The highest BCUT2D eigenvalue weighted by atomic mass is 79.9. The maximum atomic E-state index is 9.09. The van der Waals surface area contributed by atoms with Crippen LogP contribution < -0.4 is 0 Å². The number of nitrogens with zero attached hydrogens (tertiary/aromatic N) is 3. The number of fused-ring (bicyclic) bond motifs is 3. The highest BCUT2D eigenvalue weighted by Gasteiger charge is 2.07. The molecular weight excluding hydrogens is 350 g/mol. The van der Waals surface area contributed by atoms with E-state index in [0.29, 0.717) is 5.69 Å². The number of nitriles is 1. The van der Waals surface area contributed by atoms with E-state index in [-0.39, 0.29) is 0 Å². The van der Waals surface area contributed by atoms with E-state index in [1.54, 1.807) is 6.07 Å². The molecule has 4 rings (SSSR count). The number of hydrogen-bond donors (Lipinski definition) is 0. The Bertz CT molecular complexity index is 1100. The standard InChI is InChI=1S/C19H10BrN3/c20-15-3-1-2-14(10-15)17-9-7-13-5-4-12-6-8-16(11-21)22-18(12)19(13)23-17/h1-10H. The van der Waals surface area contributed by atoms with E-state index in [2.05, 4.69) is 27.0 Å². The second kappa shape index (κ2) is 5.45. The first-order valence-electron chi connectivity index (χ1n) is 7.11. The average Bonchev–Trinajstić information content (AvgIpc) is 2.60. The van der Waals surface area contributed by atoms with Crippen LogP contribution in [0.15, 0.2) is 65.1 Å². The van der Waals surface area contributed by atoms with Crippen LogP contribution in [-0.2, 0) is 0 Å². The minimum absolute atomic E-state index is 0.402.